The molecule has 1 aromatic rings. The summed E-state index contributed by atoms with van der Waals surface area (Å²) in [4.78, 5) is 6.62. The van der Waals surface area contributed by atoms with Gasteiger partial charge in [-0.25, -0.2) is 4.98 Å². The van der Waals surface area contributed by atoms with E-state index in [9.17, 15) is 0 Å². The molecule has 1 rings (SSSR count). The van der Waals surface area contributed by atoms with E-state index in [1.807, 2.05) is 12.3 Å². The SMILES string of the molecule is C=CCCCN(C)c1cc(CNCCC)ccn1. The first-order chi connectivity index (χ1) is 8.77. The average Bonchev–Trinajstić information content (AvgIpc) is 2.39. The Morgan fingerprint density at radius 1 is 1.50 bits per heavy atom. The number of allylic oxidation sites excluding steroid dienone is 1. The standard InChI is InChI=1S/C15H25N3/c1-4-6-7-11-18(3)15-12-14(8-10-17-15)13-16-9-5-2/h4,8,10,12,16H,1,5-7,9,11,13H2,2-3H3. The van der Waals surface area contributed by atoms with Crippen LogP contribution in [0.1, 0.15) is 31.7 Å². The highest BCUT2D eigenvalue weighted by Crippen LogP contribution is 2.11. The summed E-state index contributed by atoms with van der Waals surface area (Å²) >= 11 is 0. The van der Waals surface area contributed by atoms with Crippen LogP contribution in [0, 0.1) is 0 Å². The molecule has 0 aliphatic heterocycles. The summed E-state index contributed by atoms with van der Waals surface area (Å²) in [5.74, 6) is 1.05. The normalized spacial score (nSPS) is 10.3. The lowest BCUT2D eigenvalue weighted by Gasteiger charge is -2.18. The van der Waals surface area contributed by atoms with Crippen LogP contribution in [0.2, 0.25) is 0 Å². The molecule has 0 radical (unpaired) electrons. The molecule has 0 amide bonds. The van der Waals surface area contributed by atoms with Gasteiger partial charge in [0.15, 0.2) is 0 Å². The van der Waals surface area contributed by atoms with E-state index in [0.717, 1.165) is 38.3 Å². The van der Waals surface area contributed by atoms with Gasteiger partial charge in [0.2, 0.25) is 0 Å². The third-order valence-electron chi connectivity index (χ3n) is 2.86. The number of rotatable bonds is 9. The molecular formula is C15H25N3. The Kier molecular flexibility index (Phi) is 7.11. The molecule has 0 fully saturated rings. The lowest BCUT2D eigenvalue weighted by atomic mass is 10.2. The molecular weight excluding hydrogens is 222 g/mol. The van der Waals surface area contributed by atoms with Crippen molar-refractivity contribution in [2.45, 2.75) is 32.7 Å². The largest absolute Gasteiger partial charge is 0.360 e. The minimum Gasteiger partial charge on any atom is -0.360 e. The Hall–Kier alpha value is -1.35. The van der Waals surface area contributed by atoms with Crippen molar-refractivity contribution in [2.75, 3.05) is 25.0 Å². The van der Waals surface area contributed by atoms with Crippen LogP contribution in [0.15, 0.2) is 31.0 Å². The highest BCUT2D eigenvalue weighted by Gasteiger charge is 2.02. The lowest BCUT2D eigenvalue weighted by molar-refractivity contribution is 0.674. The second-order valence-corrected chi connectivity index (χ2v) is 4.55. The maximum Gasteiger partial charge on any atom is 0.128 e. The highest BCUT2D eigenvalue weighted by molar-refractivity contribution is 5.39. The van der Waals surface area contributed by atoms with Gasteiger partial charge < -0.3 is 10.2 Å². The Labute approximate surface area is 111 Å². The molecule has 1 aromatic heterocycles. The molecule has 0 saturated carbocycles. The first-order valence-corrected chi connectivity index (χ1v) is 6.75. The van der Waals surface area contributed by atoms with Gasteiger partial charge in [-0.2, -0.15) is 0 Å². The molecule has 0 saturated heterocycles. The smallest absolute Gasteiger partial charge is 0.128 e. The second-order valence-electron chi connectivity index (χ2n) is 4.55. The molecule has 1 N–H and O–H groups in total. The maximum atomic E-state index is 4.42. The van der Waals surface area contributed by atoms with E-state index in [4.69, 9.17) is 0 Å². The number of aromatic nitrogens is 1. The van der Waals surface area contributed by atoms with Crippen molar-refractivity contribution in [1.82, 2.24) is 10.3 Å². The van der Waals surface area contributed by atoms with E-state index < -0.39 is 0 Å². The van der Waals surface area contributed by atoms with Gasteiger partial charge in [-0.15, -0.1) is 6.58 Å². The summed E-state index contributed by atoms with van der Waals surface area (Å²) in [6.07, 6.45) is 7.20. The molecule has 100 valence electrons. The molecule has 3 nitrogen and oxygen atoms in total. The number of hydrogen-bond acceptors (Lipinski definition) is 3. The van der Waals surface area contributed by atoms with Gasteiger partial charge in [0.1, 0.15) is 5.82 Å². The highest BCUT2D eigenvalue weighted by atomic mass is 15.2. The Bertz CT molecular complexity index is 349. The maximum absolute atomic E-state index is 4.42. The number of nitrogens with one attached hydrogen (secondary N) is 1. The van der Waals surface area contributed by atoms with Crippen LogP contribution < -0.4 is 10.2 Å². The van der Waals surface area contributed by atoms with Crippen LogP contribution in [0.25, 0.3) is 0 Å². The number of anilines is 1. The number of hydrogen-bond donors (Lipinski definition) is 1. The van der Waals surface area contributed by atoms with Gasteiger partial charge >= 0.3 is 0 Å². The summed E-state index contributed by atoms with van der Waals surface area (Å²) in [6.45, 7) is 8.92. The summed E-state index contributed by atoms with van der Waals surface area (Å²) in [6, 6.07) is 4.24. The van der Waals surface area contributed by atoms with E-state index in [2.05, 4.69) is 47.9 Å². The van der Waals surface area contributed by atoms with Crippen LogP contribution in [0.3, 0.4) is 0 Å². The minimum absolute atomic E-state index is 0.920. The second kappa shape index (κ2) is 8.70. The van der Waals surface area contributed by atoms with Crippen molar-refractivity contribution in [2.24, 2.45) is 0 Å². The van der Waals surface area contributed by atoms with Crippen molar-refractivity contribution < 1.29 is 0 Å². The van der Waals surface area contributed by atoms with Crippen LogP contribution in [0.5, 0.6) is 0 Å². The van der Waals surface area contributed by atoms with Gasteiger partial charge in [-0.3, -0.25) is 0 Å². The van der Waals surface area contributed by atoms with Crippen LogP contribution in [-0.2, 0) is 6.54 Å². The quantitative estimate of drug-likeness (QED) is 0.537. The lowest BCUT2D eigenvalue weighted by Crippen LogP contribution is -2.20. The van der Waals surface area contributed by atoms with E-state index in [-0.39, 0.29) is 0 Å². The zero-order valence-electron chi connectivity index (χ0n) is 11.7. The molecule has 0 bridgehead atoms. The first-order valence-electron chi connectivity index (χ1n) is 6.75. The molecule has 0 aliphatic rings. The van der Waals surface area contributed by atoms with E-state index in [1.165, 1.54) is 12.0 Å². The molecule has 0 atom stereocenters. The molecule has 18 heavy (non-hydrogen) atoms. The van der Waals surface area contributed by atoms with Gasteiger partial charge in [0.25, 0.3) is 0 Å². The molecule has 0 unspecified atom stereocenters. The average molecular weight is 247 g/mol. The summed E-state index contributed by atoms with van der Waals surface area (Å²) < 4.78 is 0. The third-order valence-corrected chi connectivity index (χ3v) is 2.86. The summed E-state index contributed by atoms with van der Waals surface area (Å²) in [5.41, 5.74) is 1.30. The fourth-order valence-corrected chi connectivity index (χ4v) is 1.78. The predicted octanol–water partition coefficient (Wildman–Crippen LogP) is 2.98. The van der Waals surface area contributed by atoms with Crippen LogP contribution in [0.4, 0.5) is 5.82 Å². The zero-order valence-corrected chi connectivity index (χ0v) is 11.7. The van der Waals surface area contributed by atoms with Crippen molar-refractivity contribution in [3.05, 3.63) is 36.5 Å². The Morgan fingerprint density at radius 2 is 2.33 bits per heavy atom. The molecule has 0 spiro atoms. The number of unbranched alkanes of at least 4 members (excludes halogenated alkanes) is 1. The first kappa shape index (κ1) is 14.7. The fourth-order valence-electron chi connectivity index (χ4n) is 1.78. The summed E-state index contributed by atoms with van der Waals surface area (Å²) in [5, 5.41) is 3.41. The number of nitrogens with zero attached hydrogens (tertiary/aromatic N) is 2. The third kappa shape index (κ3) is 5.32. The zero-order chi connectivity index (χ0) is 13.2. The molecule has 0 aromatic carbocycles. The van der Waals surface area contributed by atoms with E-state index in [1.54, 1.807) is 0 Å². The van der Waals surface area contributed by atoms with Gasteiger partial charge in [0, 0.05) is 26.3 Å². The van der Waals surface area contributed by atoms with Gasteiger partial charge in [-0.05, 0) is 43.5 Å². The molecule has 0 aliphatic carbocycles. The van der Waals surface area contributed by atoms with Crippen molar-refractivity contribution >= 4 is 5.82 Å². The minimum atomic E-state index is 0.920. The molecule has 3 heteroatoms. The number of pyridine rings is 1. The Balaban J connectivity index is 2.49. The van der Waals surface area contributed by atoms with Gasteiger partial charge in [-0.1, -0.05) is 13.0 Å². The van der Waals surface area contributed by atoms with Crippen molar-refractivity contribution in [3.8, 4) is 0 Å². The van der Waals surface area contributed by atoms with E-state index >= 15 is 0 Å². The van der Waals surface area contributed by atoms with E-state index in [0.29, 0.717) is 0 Å². The molecule has 1 heterocycles. The Morgan fingerprint density at radius 3 is 3.06 bits per heavy atom. The van der Waals surface area contributed by atoms with Crippen LogP contribution in [-0.4, -0.2) is 25.1 Å². The summed E-state index contributed by atoms with van der Waals surface area (Å²) in [7, 11) is 2.09. The van der Waals surface area contributed by atoms with Gasteiger partial charge in [0.05, 0.1) is 0 Å². The monoisotopic (exact) mass is 247 g/mol. The van der Waals surface area contributed by atoms with Crippen LogP contribution >= 0.6 is 0 Å². The van der Waals surface area contributed by atoms with Crippen molar-refractivity contribution in [1.29, 1.82) is 0 Å². The topological polar surface area (TPSA) is 28.2 Å². The predicted molar refractivity (Wildman–Crippen MR) is 78.9 cm³/mol. The van der Waals surface area contributed by atoms with Crippen molar-refractivity contribution in [3.63, 3.8) is 0 Å². The fraction of sp³-hybridized carbons (Fsp3) is 0.533.